The number of amides is 1. The monoisotopic (exact) mass is 553 g/mol. The van der Waals surface area contributed by atoms with E-state index in [4.69, 9.17) is 14.2 Å². The Hall–Kier alpha value is -4.64. The van der Waals surface area contributed by atoms with Gasteiger partial charge in [-0.05, 0) is 71.9 Å². The third-order valence-corrected chi connectivity index (χ3v) is 8.18. The highest BCUT2D eigenvalue weighted by Crippen LogP contribution is 2.50. The molecule has 0 aliphatic carbocycles. The molecule has 7 rings (SSSR count). The van der Waals surface area contributed by atoms with E-state index in [-0.39, 0.29) is 18.7 Å². The van der Waals surface area contributed by atoms with Crippen LogP contribution in [-0.2, 0) is 6.42 Å². The number of rotatable bonds is 5. The fourth-order valence-corrected chi connectivity index (χ4v) is 6.04. The van der Waals surface area contributed by atoms with Crippen LogP contribution in [0.25, 0.3) is 5.69 Å². The predicted molar refractivity (Wildman–Crippen MR) is 151 cm³/mol. The summed E-state index contributed by atoms with van der Waals surface area (Å²) in [4.78, 5) is 19.8. The summed E-state index contributed by atoms with van der Waals surface area (Å²) in [7, 11) is 3.69. The molecular formula is C30H31N7O4. The van der Waals surface area contributed by atoms with Gasteiger partial charge < -0.3 is 24.0 Å². The molecule has 3 aliphatic heterocycles. The molecule has 1 aromatic heterocycles. The van der Waals surface area contributed by atoms with Crippen LogP contribution in [-0.4, -0.2) is 89.6 Å². The second-order valence-corrected chi connectivity index (χ2v) is 10.5. The van der Waals surface area contributed by atoms with Crippen molar-refractivity contribution in [1.29, 1.82) is 0 Å². The second-order valence-electron chi connectivity index (χ2n) is 10.5. The van der Waals surface area contributed by atoms with E-state index < -0.39 is 0 Å². The van der Waals surface area contributed by atoms with Crippen LogP contribution in [0.5, 0.6) is 17.2 Å². The minimum absolute atomic E-state index is 0.0305. The Balaban J connectivity index is 1.13. The standard InChI is InChI=1S/C30H31N7O4/c1-34-13-12-21-18-24-27(41-19-40-24)28(39-2)25(21)26(34)29-31-32-33-37(29)23-10-8-20(9-11-23)30(38)36-16-14-35(15-17-36)22-6-4-3-5-7-22/h3-11,18,26H,12-17,19H2,1-2H3/t26-/m1/s1. The van der Waals surface area contributed by atoms with Gasteiger partial charge in [0.15, 0.2) is 17.3 Å². The third-order valence-electron chi connectivity index (χ3n) is 8.18. The van der Waals surface area contributed by atoms with Gasteiger partial charge in [0.1, 0.15) is 6.04 Å². The van der Waals surface area contributed by atoms with Crippen molar-refractivity contribution >= 4 is 11.6 Å². The third kappa shape index (κ3) is 4.42. The first-order chi connectivity index (χ1) is 20.1. The molecule has 210 valence electrons. The maximum Gasteiger partial charge on any atom is 0.253 e. The summed E-state index contributed by atoms with van der Waals surface area (Å²) < 4.78 is 19.0. The lowest BCUT2D eigenvalue weighted by Crippen LogP contribution is -2.48. The molecule has 11 heteroatoms. The molecule has 1 fully saturated rings. The Kier molecular flexibility index (Phi) is 6.43. The topological polar surface area (TPSA) is 98.1 Å². The number of methoxy groups -OCH3 is 1. The molecular weight excluding hydrogens is 522 g/mol. The van der Waals surface area contributed by atoms with Gasteiger partial charge in [-0.25, -0.2) is 0 Å². The zero-order chi connectivity index (χ0) is 27.9. The lowest BCUT2D eigenvalue weighted by molar-refractivity contribution is 0.0747. The molecule has 1 amide bonds. The summed E-state index contributed by atoms with van der Waals surface area (Å²) in [5, 5.41) is 12.8. The van der Waals surface area contributed by atoms with Crippen LogP contribution in [0, 0.1) is 0 Å². The van der Waals surface area contributed by atoms with Gasteiger partial charge in [-0.15, -0.1) is 5.10 Å². The number of carbonyl (C=O) groups is 1. The summed E-state index contributed by atoms with van der Waals surface area (Å²) in [6.45, 7) is 3.96. The van der Waals surface area contributed by atoms with E-state index in [2.05, 4.69) is 44.5 Å². The average molecular weight is 554 g/mol. The number of benzene rings is 3. The molecule has 0 N–H and O–H groups in total. The number of hydrogen-bond acceptors (Lipinski definition) is 9. The van der Waals surface area contributed by atoms with Gasteiger partial charge in [0.2, 0.25) is 12.5 Å². The molecule has 0 bridgehead atoms. The van der Waals surface area contributed by atoms with Gasteiger partial charge in [-0.2, -0.15) is 4.68 Å². The summed E-state index contributed by atoms with van der Waals surface area (Å²) in [6, 6.07) is 19.6. The van der Waals surface area contributed by atoms with E-state index in [9.17, 15) is 4.79 Å². The summed E-state index contributed by atoms with van der Waals surface area (Å²) in [6.07, 6.45) is 0.841. The van der Waals surface area contributed by atoms with E-state index in [1.165, 1.54) is 5.69 Å². The molecule has 0 radical (unpaired) electrons. The van der Waals surface area contributed by atoms with Gasteiger partial charge >= 0.3 is 0 Å². The number of carbonyl (C=O) groups excluding carboxylic acids is 1. The van der Waals surface area contributed by atoms with Crippen molar-refractivity contribution in [1.82, 2.24) is 30.0 Å². The summed E-state index contributed by atoms with van der Waals surface area (Å²) in [5.74, 6) is 2.64. The van der Waals surface area contributed by atoms with Crippen molar-refractivity contribution in [2.24, 2.45) is 0 Å². The SMILES string of the molecule is COc1c2c(cc3c1[C@H](c1nnnn1-c1ccc(C(=O)N4CCN(c5ccccc5)CC4)cc1)N(C)CC3)OCO2. The molecule has 11 nitrogen and oxygen atoms in total. The quantitative estimate of drug-likeness (QED) is 0.370. The number of hydrogen-bond donors (Lipinski definition) is 0. The molecule has 4 aromatic rings. The Morgan fingerprint density at radius 2 is 1.73 bits per heavy atom. The van der Waals surface area contributed by atoms with E-state index in [1.54, 1.807) is 11.8 Å². The highest BCUT2D eigenvalue weighted by atomic mass is 16.7. The minimum Gasteiger partial charge on any atom is -0.492 e. The van der Waals surface area contributed by atoms with Gasteiger partial charge in [0.05, 0.1) is 12.8 Å². The smallest absolute Gasteiger partial charge is 0.253 e. The zero-order valence-electron chi connectivity index (χ0n) is 23.1. The molecule has 3 aromatic carbocycles. The molecule has 0 saturated carbocycles. The number of aromatic nitrogens is 4. The Morgan fingerprint density at radius 1 is 0.951 bits per heavy atom. The van der Waals surface area contributed by atoms with E-state index in [0.717, 1.165) is 42.9 Å². The number of piperazine rings is 1. The van der Waals surface area contributed by atoms with Crippen LogP contribution < -0.4 is 19.1 Å². The van der Waals surface area contributed by atoms with E-state index in [0.29, 0.717) is 41.7 Å². The van der Waals surface area contributed by atoms with E-state index >= 15 is 0 Å². The normalized spacial score (nSPS) is 18.3. The van der Waals surface area contributed by atoms with Crippen molar-refractivity contribution in [3.63, 3.8) is 0 Å². The lowest BCUT2D eigenvalue weighted by atomic mass is 9.90. The average Bonchev–Trinajstić information content (AvgIpc) is 3.70. The maximum atomic E-state index is 13.3. The number of fused-ring (bicyclic) bond motifs is 2. The van der Waals surface area contributed by atoms with Crippen LogP contribution in [0.4, 0.5) is 5.69 Å². The predicted octanol–water partition coefficient (Wildman–Crippen LogP) is 2.94. The van der Waals surface area contributed by atoms with Crippen LogP contribution in [0.1, 0.15) is 33.4 Å². The highest BCUT2D eigenvalue weighted by Gasteiger charge is 2.37. The maximum absolute atomic E-state index is 13.3. The minimum atomic E-state index is -0.264. The summed E-state index contributed by atoms with van der Waals surface area (Å²) in [5.41, 5.74) is 4.71. The molecule has 0 unspecified atom stereocenters. The number of para-hydroxylation sites is 1. The lowest BCUT2D eigenvalue weighted by Gasteiger charge is -2.36. The van der Waals surface area contributed by atoms with E-state index in [1.807, 2.05) is 53.4 Å². The fraction of sp³-hybridized carbons (Fsp3) is 0.333. The van der Waals surface area contributed by atoms with Crippen molar-refractivity contribution in [2.75, 3.05) is 58.6 Å². The second kappa shape index (κ2) is 10.4. The molecule has 41 heavy (non-hydrogen) atoms. The number of tetrazole rings is 1. The first kappa shape index (κ1) is 25.3. The number of ether oxygens (including phenoxy) is 3. The first-order valence-corrected chi connectivity index (χ1v) is 13.8. The molecule has 3 aliphatic rings. The molecule has 0 spiro atoms. The summed E-state index contributed by atoms with van der Waals surface area (Å²) >= 11 is 0. The van der Waals surface area contributed by atoms with Crippen molar-refractivity contribution in [2.45, 2.75) is 12.5 Å². The molecule has 1 atom stereocenters. The number of anilines is 1. The first-order valence-electron chi connectivity index (χ1n) is 13.8. The van der Waals surface area contributed by atoms with Crippen molar-refractivity contribution in [3.8, 4) is 22.9 Å². The Morgan fingerprint density at radius 3 is 2.49 bits per heavy atom. The van der Waals surface area contributed by atoms with Crippen LogP contribution in [0.3, 0.4) is 0 Å². The van der Waals surface area contributed by atoms with Crippen LogP contribution >= 0.6 is 0 Å². The van der Waals surface area contributed by atoms with Gasteiger partial charge in [-0.1, -0.05) is 18.2 Å². The fourth-order valence-electron chi connectivity index (χ4n) is 6.04. The largest absolute Gasteiger partial charge is 0.492 e. The van der Waals surface area contributed by atoms with Crippen molar-refractivity contribution < 1.29 is 19.0 Å². The van der Waals surface area contributed by atoms with Gasteiger partial charge in [0, 0.05) is 49.5 Å². The molecule has 1 saturated heterocycles. The number of likely N-dealkylation sites (N-methyl/N-ethyl adjacent to an activating group) is 1. The molecule has 4 heterocycles. The Bertz CT molecular complexity index is 1570. The zero-order valence-corrected chi connectivity index (χ0v) is 23.1. The Labute approximate surface area is 237 Å². The van der Waals surface area contributed by atoms with Crippen molar-refractivity contribution in [3.05, 3.63) is 83.2 Å². The van der Waals surface area contributed by atoms with Crippen LogP contribution in [0.2, 0.25) is 0 Å². The van der Waals surface area contributed by atoms with Gasteiger partial charge in [-0.3, -0.25) is 9.69 Å². The van der Waals surface area contributed by atoms with Gasteiger partial charge in [0.25, 0.3) is 5.91 Å². The highest BCUT2D eigenvalue weighted by molar-refractivity contribution is 5.94. The number of nitrogens with zero attached hydrogens (tertiary/aromatic N) is 7. The van der Waals surface area contributed by atoms with Crippen LogP contribution in [0.15, 0.2) is 60.7 Å².